The molecular weight excluding hydrogens is 580 g/mol. The zero-order valence-electron chi connectivity index (χ0n) is 24.9. The Morgan fingerprint density at radius 2 is 1.09 bits per heavy atom. The first-order valence-electron chi connectivity index (χ1n) is 15.5. The third-order valence-electron chi connectivity index (χ3n) is 8.80. The number of hydrogen-bond acceptors (Lipinski definition) is 5. The average Bonchev–Trinajstić information content (AvgIpc) is 3.81. The van der Waals surface area contributed by atoms with Crippen LogP contribution in [0.3, 0.4) is 0 Å². The Kier molecular flexibility index (Phi) is 5.44. The number of furan rings is 1. The molecule has 0 bridgehead atoms. The molecule has 0 spiro atoms. The molecule has 7 nitrogen and oxygen atoms in total. The van der Waals surface area contributed by atoms with Crippen molar-refractivity contribution < 1.29 is 4.42 Å². The number of rotatable bonds is 4. The van der Waals surface area contributed by atoms with Gasteiger partial charge < -0.3 is 4.42 Å². The summed E-state index contributed by atoms with van der Waals surface area (Å²) >= 11 is 0. The first-order chi connectivity index (χ1) is 23.3. The van der Waals surface area contributed by atoms with E-state index in [0.29, 0.717) is 17.6 Å². The molecule has 4 aromatic heterocycles. The largest absolute Gasteiger partial charge is 0.456 e. The van der Waals surface area contributed by atoms with Crippen molar-refractivity contribution in [3.05, 3.63) is 146 Å². The lowest BCUT2D eigenvalue weighted by molar-refractivity contribution is 0.669. The molecule has 7 heteroatoms. The van der Waals surface area contributed by atoms with Gasteiger partial charge in [0.1, 0.15) is 11.2 Å². The molecule has 0 saturated carbocycles. The number of para-hydroxylation sites is 4. The minimum absolute atomic E-state index is 0.497. The number of nitrogens with zero attached hydrogens (tertiary/aromatic N) is 6. The Morgan fingerprint density at radius 1 is 0.468 bits per heavy atom. The van der Waals surface area contributed by atoms with Crippen LogP contribution in [0, 0.1) is 0 Å². The quantitative estimate of drug-likeness (QED) is 0.200. The highest BCUT2D eigenvalue weighted by Gasteiger charge is 2.24. The lowest BCUT2D eigenvalue weighted by atomic mass is 9.98. The van der Waals surface area contributed by atoms with E-state index in [-0.39, 0.29) is 0 Å². The molecule has 0 radical (unpaired) electrons. The number of hydrogen-bond donors (Lipinski definition) is 0. The standard InChI is InChI=1S/C40H24N6O/c1-3-13-25(14-4-1)37-42-38(26-15-5-2-6-16-26)44-39(43-37)46-32-22-11-19-28(36(32)45-31-21-9-8-20-30(31)41-40(45)46)27-18-12-24-34-35(27)29-17-7-10-23-33(29)47-34/h1-24H. The van der Waals surface area contributed by atoms with E-state index in [9.17, 15) is 0 Å². The van der Waals surface area contributed by atoms with Gasteiger partial charge in [-0.05, 0) is 35.9 Å². The Hall–Kier alpha value is -6.60. The smallest absolute Gasteiger partial charge is 0.241 e. The monoisotopic (exact) mass is 604 g/mol. The molecule has 0 aliphatic heterocycles. The fraction of sp³-hybridized carbons (Fsp3) is 0. The maximum Gasteiger partial charge on any atom is 0.241 e. The summed E-state index contributed by atoms with van der Waals surface area (Å²) in [6, 6.07) is 49.2. The zero-order valence-corrected chi connectivity index (χ0v) is 24.9. The van der Waals surface area contributed by atoms with Gasteiger partial charge in [0, 0.05) is 27.5 Å². The number of benzene rings is 6. The van der Waals surface area contributed by atoms with Gasteiger partial charge in [-0.1, -0.05) is 115 Å². The fourth-order valence-corrected chi connectivity index (χ4v) is 6.75. The highest BCUT2D eigenvalue weighted by molar-refractivity contribution is 6.15. The highest BCUT2D eigenvalue weighted by Crippen LogP contribution is 2.41. The summed E-state index contributed by atoms with van der Waals surface area (Å²) < 4.78 is 10.6. The summed E-state index contributed by atoms with van der Waals surface area (Å²) in [4.78, 5) is 20.3. The topological polar surface area (TPSA) is 74.0 Å². The maximum atomic E-state index is 6.30. The Bertz CT molecular complexity index is 2740. The molecule has 0 unspecified atom stereocenters. The molecule has 0 aliphatic carbocycles. The van der Waals surface area contributed by atoms with Crippen LogP contribution < -0.4 is 0 Å². The van der Waals surface area contributed by atoms with Crippen LogP contribution in [-0.4, -0.2) is 28.9 Å². The molecule has 220 valence electrons. The van der Waals surface area contributed by atoms with E-state index in [1.165, 1.54) is 0 Å². The van der Waals surface area contributed by atoms with Crippen LogP contribution >= 0.6 is 0 Å². The van der Waals surface area contributed by atoms with E-state index in [1.54, 1.807) is 0 Å². The van der Waals surface area contributed by atoms with Gasteiger partial charge in [0.05, 0.1) is 22.1 Å². The van der Waals surface area contributed by atoms with Gasteiger partial charge >= 0.3 is 0 Å². The van der Waals surface area contributed by atoms with Crippen LogP contribution in [0.4, 0.5) is 0 Å². The van der Waals surface area contributed by atoms with Crippen molar-refractivity contribution in [3.8, 4) is 39.9 Å². The minimum atomic E-state index is 0.497. The van der Waals surface area contributed by atoms with Crippen LogP contribution in [0.5, 0.6) is 0 Å². The van der Waals surface area contributed by atoms with Gasteiger partial charge in [-0.2, -0.15) is 9.97 Å². The Morgan fingerprint density at radius 3 is 1.87 bits per heavy atom. The van der Waals surface area contributed by atoms with Gasteiger partial charge in [0.25, 0.3) is 0 Å². The van der Waals surface area contributed by atoms with E-state index >= 15 is 0 Å². The molecule has 47 heavy (non-hydrogen) atoms. The van der Waals surface area contributed by atoms with Gasteiger partial charge in [0.2, 0.25) is 11.7 Å². The molecule has 0 aliphatic rings. The second kappa shape index (κ2) is 9.95. The lowest BCUT2D eigenvalue weighted by Crippen LogP contribution is -2.07. The summed E-state index contributed by atoms with van der Waals surface area (Å²) in [7, 11) is 0. The van der Waals surface area contributed by atoms with Crippen LogP contribution in [-0.2, 0) is 0 Å². The molecular formula is C40H24N6O. The fourth-order valence-electron chi connectivity index (χ4n) is 6.75. The molecule has 10 rings (SSSR count). The molecule has 0 N–H and O–H groups in total. The summed E-state index contributed by atoms with van der Waals surface area (Å²) in [6.45, 7) is 0. The van der Waals surface area contributed by atoms with Crippen molar-refractivity contribution in [2.75, 3.05) is 0 Å². The molecule has 0 amide bonds. The van der Waals surface area contributed by atoms with Gasteiger partial charge in [-0.3, -0.25) is 4.40 Å². The predicted octanol–water partition coefficient (Wildman–Crippen LogP) is 9.52. The molecule has 10 aromatic rings. The lowest BCUT2D eigenvalue weighted by Gasteiger charge is -2.10. The number of aromatic nitrogens is 6. The van der Waals surface area contributed by atoms with E-state index < -0.39 is 0 Å². The van der Waals surface area contributed by atoms with Crippen LogP contribution in [0.25, 0.3) is 89.6 Å². The van der Waals surface area contributed by atoms with Crippen molar-refractivity contribution in [3.63, 3.8) is 0 Å². The Balaban J connectivity index is 1.34. The van der Waals surface area contributed by atoms with Crippen molar-refractivity contribution in [1.82, 2.24) is 28.9 Å². The first-order valence-corrected chi connectivity index (χ1v) is 15.5. The SMILES string of the molecule is c1ccc(-c2nc(-c3ccccc3)nc(-n3c4cccc(-c5cccc6oc7ccccc7c56)c4n4c5ccccc5nc34)n2)cc1. The van der Waals surface area contributed by atoms with Gasteiger partial charge in [-0.25, -0.2) is 14.5 Å². The third-order valence-corrected chi connectivity index (χ3v) is 8.80. The normalized spacial score (nSPS) is 11.8. The molecule has 6 aromatic carbocycles. The minimum Gasteiger partial charge on any atom is -0.456 e. The van der Waals surface area contributed by atoms with Gasteiger partial charge in [-0.15, -0.1) is 0 Å². The molecule has 0 atom stereocenters. The van der Waals surface area contributed by atoms with Crippen molar-refractivity contribution in [2.24, 2.45) is 0 Å². The molecule has 0 saturated heterocycles. The second-order valence-corrected chi connectivity index (χ2v) is 11.5. The Labute approximate surface area is 268 Å². The van der Waals surface area contributed by atoms with Crippen LogP contribution in [0.15, 0.2) is 150 Å². The summed E-state index contributed by atoms with van der Waals surface area (Å²) in [6.07, 6.45) is 0. The van der Waals surface area contributed by atoms with E-state index in [1.807, 2.05) is 91.0 Å². The second-order valence-electron chi connectivity index (χ2n) is 11.5. The zero-order chi connectivity index (χ0) is 30.9. The van der Waals surface area contributed by atoms with Crippen molar-refractivity contribution >= 4 is 49.8 Å². The van der Waals surface area contributed by atoms with Crippen molar-refractivity contribution in [1.29, 1.82) is 0 Å². The van der Waals surface area contributed by atoms with E-state index in [2.05, 4.69) is 63.6 Å². The van der Waals surface area contributed by atoms with E-state index in [4.69, 9.17) is 24.4 Å². The summed E-state index contributed by atoms with van der Waals surface area (Å²) in [5.41, 5.74) is 9.52. The summed E-state index contributed by atoms with van der Waals surface area (Å²) in [5.74, 6) is 2.41. The van der Waals surface area contributed by atoms with Crippen LogP contribution in [0.1, 0.15) is 0 Å². The average molecular weight is 605 g/mol. The number of fused-ring (bicyclic) bond motifs is 8. The first kappa shape index (κ1) is 25.7. The predicted molar refractivity (Wildman–Crippen MR) is 187 cm³/mol. The van der Waals surface area contributed by atoms with Gasteiger partial charge in [0.15, 0.2) is 11.6 Å². The molecule has 4 heterocycles. The summed E-state index contributed by atoms with van der Waals surface area (Å²) in [5, 5.41) is 2.16. The highest BCUT2D eigenvalue weighted by atomic mass is 16.3. The van der Waals surface area contributed by atoms with Crippen LogP contribution in [0.2, 0.25) is 0 Å². The van der Waals surface area contributed by atoms with Crippen molar-refractivity contribution in [2.45, 2.75) is 0 Å². The molecule has 0 fully saturated rings. The van der Waals surface area contributed by atoms with E-state index in [0.717, 1.165) is 72.0 Å². The maximum absolute atomic E-state index is 6.30. The third kappa shape index (κ3) is 3.87. The number of imidazole rings is 2.